The van der Waals surface area contributed by atoms with E-state index in [2.05, 4.69) is 24.3 Å². The average molecular weight is 378 g/mol. The molecule has 1 heterocycles. The predicted octanol–water partition coefficient (Wildman–Crippen LogP) is 1.63. The van der Waals surface area contributed by atoms with E-state index < -0.39 is 6.04 Å². The summed E-state index contributed by atoms with van der Waals surface area (Å²) in [5.74, 6) is -0.0865. The van der Waals surface area contributed by atoms with Crippen LogP contribution in [0.3, 0.4) is 0 Å². The SMILES string of the molecule is CN(C)C1(CNC(=O)C(N)Cc2ccccc2)CCOCC1.Cl.Cl. The zero-order valence-corrected chi connectivity index (χ0v) is 16.0. The lowest BCUT2D eigenvalue weighted by Gasteiger charge is -2.43. The van der Waals surface area contributed by atoms with Crippen molar-refractivity contribution in [3.05, 3.63) is 35.9 Å². The van der Waals surface area contributed by atoms with Crippen LogP contribution in [0.15, 0.2) is 30.3 Å². The van der Waals surface area contributed by atoms with Gasteiger partial charge < -0.3 is 20.7 Å². The first-order valence-corrected chi connectivity index (χ1v) is 7.86. The molecule has 138 valence electrons. The number of hydrogen-bond acceptors (Lipinski definition) is 4. The summed E-state index contributed by atoms with van der Waals surface area (Å²) in [6.07, 6.45) is 2.41. The Morgan fingerprint density at radius 2 is 1.83 bits per heavy atom. The van der Waals surface area contributed by atoms with Crippen LogP contribution in [0.25, 0.3) is 0 Å². The average Bonchev–Trinajstić information content (AvgIpc) is 2.54. The van der Waals surface area contributed by atoms with Crippen LogP contribution in [0, 0.1) is 0 Å². The third kappa shape index (κ3) is 6.22. The number of carbonyl (C=O) groups excluding carboxylic acids is 1. The lowest BCUT2D eigenvalue weighted by molar-refractivity contribution is -0.123. The van der Waals surface area contributed by atoms with Gasteiger partial charge in [-0.1, -0.05) is 30.3 Å². The molecule has 1 aromatic rings. The molecule has 3 N–H and O–H groups in total. The highest BCUT2D eigenvalue weighted by Gasteiger charge is 2.35. The molecule has 1 unspecified atom stereocenters. The topological polar surface area (TPSA) is 67.6 Å². The first-order valence-electron chi connectivity index (χ1n) is 7.86. The zero-order valence-electron chi connectivity index (χ0n) is 14.4. The molecule has 1 atom stereocenters. The third-order valence-corrected chi connectivity index (χ3v) is 4.60. The van der Waals surface area contributed by atoms with Gasteiger partial charge in [0.25, 0.3) is 0 Å². The number of halogens is 2. The second kappa shape index (κ2) is 10.9. The number of nitrogens with zero attached hydrogens (tertiary/aromatic N) is 1. The van der Waals surface area contributed by atoms with Gasteiger partial charge in [0.15, 0.2) is 0 Å². The van der Waals surface area contributed by atoms with Crippen LogP contribution in [0.2, 0.25) is 0 Å². The molecular weight excluding hydrogens is 349 g/mol. The number of amides is 1. The Bertz CT molecular complexity index is 480. The van der Waals surface area contributed by atoms with Crippen molar-refractivity contribution in [2.75, 3.05) is 33.9 Å². The van der Waals surface area contributed by atoms with Gasteiger partial charge in [-0.3, -0.25) is 4.79 Å². The van der Waals surface area contributed by atoms with Crippen LogP contribution >= 0.6 is 24.8 Å². The normalized spacial score (nSPS) is 17.3. The van der Waals surface area contributed by atoms with E-state index in [0.717, 1.165) is 31.6 Å². The summed E-state index contributed by atoms with van der Waals surface area (Å²) in [6.45, 7) is 2.10. The van der Waals surface area contributed by atoms with Crippen molar-refractivity contribution in [3.8, 4) is 0 Å². The van der Waals surface area contributed by atoms with Crippen molar-refractivity contribution < 1.29 is 9.53 Å². The molecule has 1 aliphatic rings. The molecule has 0 bridgehead atoms. The Hall–Kier alpha value is -0.850. The monoisotopic (exact) mass is 377 g/mol. The van der Waals surface area contributed by atoms with E-state index in [1.165, 1.54) is 0 Å². The Labute approximate surface area is 157 Å². The molecule has 0 saturated carbocycles. The van der Waals surface area contributed by atoms with Gasteiger partial charge in [0.05, 0.1) is 6.04 Å². The fraction of sp³-hybridized carbons (Fsp3) is 0.588. The number of carbonyl (C=O) groups is 1. The summed E-state index contributed by atoms with van der Waals surface area (Å²) in [7, 11) is 4.11. The van der Waals surface area contributed by atoms with Crippen molar-refractivity contribution in [2.24, 2.45) is 5.73 Å². The van der Waals surface area contributed by atoms with E-state index in [4.69, 9.17) is 10.5 Å². The van der Waals surface area contributed by atoms with Crippen LogP contribution in [0.5, 0.6) is 0 Å². The summed E-state index contributed by atoms with van der Waals surface area (Å²) >= 11 is 0. The predicted molar refractivity (Wildman–Crippen MR) is 102 cm³/mol. The molecule has 24 heavy (non-hydrogen) atoms. The summed E-state index contributed by atoms with van der Waals surface area (Å²) in [6, 6.07) is 9.36. The molecule has 1 aromatic carbocycles. The fourth-order valence-corrected chi connectivity index (χ4v) is 2.88. The molecule has 0 aromatic heterocycles. The van der Waals surface area contributed by atoms with E-state index in [9.17, 15) is 4.79 Å². The molecule has 0 spiro atoms. The molecular formula is C17H29Cl2N3O2. The maximum absolute atomic E-state index is 12.3. The zero-order chi connectivity index (χ0) is 16.0. The number of hydrogen-bond donors (Lipinski definition) is 2. The summed E-state index contributed by atoms with van der Waals surface area (Å²) < 4.78 is 5.44. The summed E-state index contributed by atoms with van der Waals surface area (Å²) in [5.41, 5.74) is 7.09. The highest BCUT2D eigenvalue weighted by molar-refractivity contribution is 5.85. The molecule has 0 aliphatic carbocycles. The maximum atomic E-state index is 12.3. The molecule has 7 heteroatoms. The number of nitrogens with one attached hydrogen (secondary N) is 1. The smallest absolute Gasteiger partial charge is 0.237 e. The van der Waals surface area contributed by atoms with Crippen LogP contribution < -0.4 is 11.1 Å². The van der Waals surface area contributed by atoms with Gasteiger partial charge in [-0.25, -0.2) is 0 Å². The molecule has 5 nitrogen and oxygen atoms in total. The van der Waals surface area contributed by atoms with E-state index in [0.29, 0.717) is 13.0 Å². The van der Waals surface area contributed by atoms with Gasteiger partial charge in [-0.2, -0.15) is 0 Å². The van der Waals surface area contributed by atoms with Crippen LogP contribution in [0.1, 0.15) is 18.4 Å². The summed E-state index contributed by atoms with van der Waals surface area (Å²) in [4.78, 5) is 14.5. The van der Waals surface area contributed by atoms with Crippen molar-refractivity contribution in [1.29, 1.82) is 0 Å². The number of benzene rings is 1. The molecule has 1 amide bonds. The highest BCUT2D eigenvalue weighted by atomic mass is 35.5. The van der Waals surface area contributed by atoms with E-state index in [1.807, 2.05) is 30.3 Å². The minimum absolute atomic E-state index is 0. The Kier molecular flexibility index (Phi) is 10.5. The second-order valence-corrected chi connectivity index (χ2v) is 6.25. The fourth-order valence-electron chi connectivity index (χ4n) is 2.88. The number of ether oxygens (including phenoxy) is 1. The van der Waals surface area contributed by atoms with Crippen molar-refractivity contribution in [3.63, 3.8) is 0 Å². The molecule has 1 fully saturated rings. The van der Waals surface area contributed by atoms with Gasteiger partial charge in [-0.15, -0.1) is 24.8 Å². The van der Waals surface area contributed by atoms with Gasteiger partial charge in [-0.05, 0) is 38.9 Å². The third-order valence-electron chi connectivity index (χ3n) is 4.60. The van der Waals surface area contributed by atoms with E-state index in [1.54, 1.807) is 0 Å². The van der Waals surface area contributed by atoms with Crippen molar-refractivity contribution >= 4 is 30.7 Å². The van der Waals surface area contributed by atoms with Crippen LogP contribution in [0.4, 0.5) is 0 Å². The van der Waals surface area contributed by atoms with Gasteiger partial charge >= 0.3 is 0 Å². The first-order chi connectivity index (χ1) is 10.5. The quantitative estimate of drug-likeness (QED) is 0.790. The molecule has 2 rings (SSSR count). The standard InChI is InChI=1S/C17H27N3O2.2ClH/c1-20(2)17(8-10-22-11-9-17)13-19-16(21)15(18)12-14-6-4-3-5-7-14;;/h3-7,15H,8-13,18H2,1-2H3,(H,19,21);2*1H. The second-order valence-electron chi connectivity index (χ2n) is 6.25. The Balaban J connectivity index is 0.00000264. The lowest BCUT2D eigenvalue weighted by Crippen LogP contribution is -2.57. The van der Waals surface area contributed by atoms with E-state index >= 15 is 0 Å². The molecule has 0 radical (unpaired) electrons. The highest BCUT2D eigenvalue weighted by Crippen LogP contribution is 2.25. The lowest BCUT2D eigenvalue weighted by atomic mass is 9.88. The number of nitrogens with two attached hydrogens (primary N) is 1. The molecule has 1 saturated heterocycles. The van der Waals surface area contributed by atoms with Crippen LogP contribution in [-0.2, 0) is 16.0 Å². The molecule has 1 aliphatic heterocycles. The Morgan fingerprint density at radius 1 is 1.25 bits per heavy atom. The number of likely N-dealkylation sites (N-methyl/N-ethyl adjacent to an activating group) is 1. The summed E-state index contributed by atoms with van der Waals surface area (Å²) in [5, 5.41) is 3.03. The van der Waals surface area contributed by atoms with Gasteiger partial charge in [0.1, 0.15) is 0 Å². The Morgan fingerprint density at radius 3 is 2.38 bits per heavy atom. The van der Waals surface area contributed by atoms with Crippen molar-refractivity contribution in [2.45, 2.75) is 30.8 Å². The number of rotatable bonds is 6. The maximum Gasteiger partial charge on any atom is 0.237 e. The largest absolute Gasteiger partial charge is 0.381 e. The van der Waals surface area contributed by atoms with Gasteiger partial charge in [0, 0.05) is 25.3 Å². The van der Waals surface area contributed by atoms with Crippen molar-refractivity contribution in [1.82, 2.24) is 10.2 Å². The minimum atomic E-state index is -0.513. The van der Waals surface area contributed by atoms with Gasteiger partial charge in [0.2, 0.25) is 5.91 Å². The minimum Gasteiger partial charge on any atom is -0.381 e. The van der Waals surface area contributed by atoms with Crippen LogP contribution in [-0.4, -0.2) is 56.2 Å². The van der Waals surface area contributed by atoms with E-state index in [-0.39, 0.29) is 36.3 Å². The first kappa shape index (κ1) is 23.1.